The van der Waals surface area contributed by atoms with Crippen molar-refractivity contribution in [3.05, 3.63) is 70.6 Å². The van der Waals surface area contributed by atoms with Crippen molar-refractivity contribution in [1.82, 2.24) is 19.6 Å². The quantitative estimate of drug-likeness (QED) is 0.619. The Labute approximate surface area is 192 Å². The number of likely N-dealkylation sites (N-methyl/N-ethyl adjacent to an activating group) is 1. The van der Waals surface area contributed by atoms with Crippen LogP contribution < -0.4 is 20.3 Å². The number of carbonyl (C=O) groups excluding carboxylic acids is 1. The Morgan fingerprint density at radius 2 is 1.70 bits per heavy atom. The first-order chi connectivity index (χ1) is 16.0. The third-order valence-corrected chi connectivity index (χ3v) is 5.56. The molecule has 0 radical (unpaired) electrons. The zero-order chi connectivity index (χ0) is 23.4. The first-order valence-corrected chi connectivity index (χ1v) is 10.7. The highest BCUT2D eigenvalue weighted by Crippen LogP contribution is 2.34. The topological polar surface area (TPSA) is 88.9 Å². The van der Waals surface area contributed by atoms with Gasteiger partial charge >= 0.3 is 0 Å². The van der Waals surface area contributed by atoms with Crippen molar-refractivity contribution in [2.24, 2.45) is 7.05 Å². The zero-order valence-electron chi connectivity index (χ0n) is 18.9. The number of hydrogen-bond donors (Lipinski definition) is 1. The molecule has 1 fully saturated rings. The maximum absolute atomic E-state index is 13.0. The predicted octanol–water partition coefficient (Wildman–Crippen LogP) is 2.71. The molecule has 1 aromatic heterocycles. The van der Waals surface area contributed by atoms with Crippen LogP contribution in [0.2, 0.25) is 0 Å². The molecule has 2 aromatic carbocycles. The number of methoxy groups -OCH3 is 1. The summed E-state index contributed by atoms with van der Waals surface area (Å²) in [6.45, 7) is 3.07. The molecule has 3 aromatic rings. The van der Waals surface area contributed by atoms with Crippen LogP contribution in [0.4, 0.5) is 11.4 Å². The fraction of sp³-hybridized carbons (Fsp3) is 0.292. The van der Waals surface area contributed by atoms with Crippen molar-refractivity contribution >= 4 is 17.3 Å². The van der Waals surface area contributed by atoms with Gasteiger partial charge in [-0.05, 0) is 37.4 Å². The van der Waals surface area contributed by atoms with Gasteiger partial charge in [0, 0.05) is 44.5 Å². The van der Waals surface area contributed by atoms with Gasteiger partial charge in [0.1, 0.15) is 0 Å². The van der Waals surface area contributed by atoms with E-state index in [-0.39, 0.29) is 22.9 Å². The molecule has 0 unspecified atom stereocenters. The number of amides is 1. The normalized spacial score (nSPS) is 14.1. The third-order valence-electron chi connectivity index (χ3n) is 5.56. The number of hydrogen-bond acceptors (Lipinski definition) is 7. The Morgan fingerprint density at radius 1 is 0.970 bits per heavy atom. The fourth-order valence-electron chi connectivity index (χ4n) is 3.60. The largest absolute Gasteiger partial charge is 0.493 e. The Balaban J connectivity index is 1.61. The van der Waals surface area contributed by atoms with E-state index in [1.165, 1.54) is 10.9 Å². The second-order valence-corrected chi connectivity index (χ2v) is 7.87. The molecule has 1 N–H and O–H groups in total. The van der Waals surface area contributed by atoms with Gasteiger partial charge < -0.3 is 24.6 Å². The van der Waals surface area contributed by atoms with Crippen LogP contribution in [0.25, 0.3) is 0 Å². The van der Waals surface area contributed by atoms with Gasteiger partial charge in [-0.15, -0.1) is 0 Å². The van der Waals surface area contributed by atoms with E-state index in [1.54, 1.807) is 50.6 Å². The Morgan fingerprint density at radius 3 is 2.42 bits per heavy atom. The molecule has 0 saturated carbocycles. The monoisotopic (exact) mass is 449 g/mol. The zero-order valence-corrected chi connectivity index (χ0v) is 18.9. The van der Waals surface area contributed by atoms with Crippen molar-refractivity contribution in [2.75, 3.05) is 45.7 Å². The summed E-state index contributed by atoms with van der Waals surface area (Å²) in [6.07, 6.45) is 1.47. The minimum atomic E-state index is -0.363. The van der Waals surface area contributed by atoms with Crippen LogP contribution in [-0.2, 0) is 7.05 Å². The summed E-state index contributed by atoms with van der Waals surface area (Å²) in [6, 6.07) is 14.3. The molecule has 1 amide bonds. The van der Waals surface area contributed by atoms with Crippen LogP contribution in [0.1, 0.15) is 10.4 Å². The number of rotatable bonds is 6. The van der Waals surface area contributed by atoms with Crippen molar-refractivity contribution in [1.29, 1.82) is 0 Å². The predicted molar refractivity (Wildman–Crippen MR) is 126 cm³/mol. The number of aromatic nitrogens is 2. The number of anilines is 2. The lowest BCUT2D eigenvalue weighted by atomic mass is 10.1. The van der Waals surface area contributed by atoms with E-state index in [0.717, 1.165) is 13.1 Å². The SMILES string of the molecule is COc1ccccc1Oc1cnn(C)c(=O)c1Nc1cccc(C(=O)N2CCN(C)CC2)c1. The molecule has 172 valence electrons. The Hall–Kier alpha value is -3.85. The van der Waals surface area contributed by atoms with E-state index < -0.39 is 0 Å². The molecular weight excluding hydrogens is 422 g/mol. The number of aryl methyl sites for hydroxylation is 1. The molecule has 9 heteroatoms. The maximum Gasteiger partial charge on any atom is 0.294 e. The van der Waals surface area contributed by atoms with Gasteiger partial charge in [0.15, 0.2) is 22.9 Å². The van der Waals surface area contributed by atoms with Crippen LogP contribution in [0, 0.1) is 0 Å². The number of nitrogens with zero attached hydrogens (tertiary/aromatic N) is 4. The molecule has 0 spiro atoms. The second-order valence-electron chi connectivity index (χ2n) is 7.87. The molecule has 0 atom stereocenters. The van der Waals surface area contributed by atoms with E-state index >= 15 is 0 Å². The van der Waals surface area contributed by atoms with Gasteiger partial charge in [0.2, 0.25) is 0 Å². The molecule has 4 rings (SSSR count). The smallest absolute Gasteiger partial charge is 0.294 e. The molecule has 1 aliphatic heterocycles. The van der Waals surface area contributed by atoms with Gasteiger partial charge in [0.05, 0.1) is 13.3 Å². The van der Waals surface area contributed by atoms with Gasteiger partial charge in [-0.3, -0.25) is 9.59 Å². The average Bonchev–Trinajstić information content (AvgIpc) is 2.84. The number of benzene rings is 2. The fourth-order valence-corrected chi connectivity index (χ4v) is 3.60. The summed E-state index contributed by atoms with van der Waals surface area (Å²) < 4.78 is 12.5. The number of para-hydroxylation sites is 2. The van der Waals surface area contributed by atoms with Crippen molar-refractivity contribution in [3.63, 3.8) is 0 Å². The summed E-state index contributed by atoms with van der Waals surface area (Å²) >= 11 is 0. The second kappa shape index (κ2) is 9.74. The molecule has 9 nitrogen and oxygen atoms in total. The van der Waals surface area contributed by atoms with Gasteiger partial charge in [-0.1, -0.05) is 18.2 Å². The summed E-state index contributed by atoms with van der Waals surface area (Å²) in [7, 11) is 5.16. The minimum Gasteiger partial charge on any atom is -0.493 e. The van der Waals surface area contributed by atoms with E-state index in [2.05, 4.69) is 15.3 Å². The number of ether oxygens (including phenoxy) is 2. The lowest BCUT2D eigenvalue weighted by Crippen LogP contribution is -2.47. The lowest BCUT2D eigenvalue weighted by Gasteiger charge is -2.32. The molecule has 33 heavy (non-hydrogen) atoms. The Kier molecular flexibility index (Phi) is 6.60. The van der Waals surface area contributed by atoms with Crippen LogP contribution in [-0.4, -0.2) is 65.8 Å². The van der Waals surface area contributed by atoms with E-state index in [4.69, 9.17) is 9.47 Å². The van der Waals surface area contributed by atoms with Gasteiger partial charge in [-0.2, -0.15) is 5.10 Å². The first kappa shape index (κ1) is 22.3. The summed E-state index contributed by atoms with van der Waals surface area (Å²) in [5, 5.41) is 7.21. The molecule has 1 aliphatic rings. The highest BCUT2D eigenvalue weighted by atomic mass is 16.5. The molecule has 0 aliphatic carbocycles. The molecule has 1 saturated heterocycles. The van der Waals surface area contributed by atoms with Gasteiger partial charge in [0.25, 0.3) is 11.5 Å². The van der Waals surface area contributed by atoms with E-state index in [9.17, 15) is 9.59 Å². The van der Waals surface area contributed by atoms with Crippen molar-refractivity contribution < 1.29 is 14.3 Å². The average molecular weight is 450 g/mol. The lowest BCUT2D eigenvalue weighted by molar-refractivity contribution is 0.0664. The summed E-state index contributed by atoms with van der Waals surface area (Å²) in [5.41, 5.74) is 1.01. The van der Waals surface area contributed by atoms with Crippen LogP contribution in [0.3, 0.4) is 0 Å². The summed E-state index contributed by atoms with van der Waals surface area (Å²) in [4.78, 5) is 29.9. The highest BCUT2D eigenvalue weighted by Gasteiger charge is 2.21. The van der Waals surface area contributed by atoms with Gasteiger partial charge in [-0.25, -0.2) is 4.68 Å². The third kappa shape index (κ3) is 4.98. The molecule has 2 heterocycles. The van der Waals surface area contributed by atoms with Crippen molar-refractivity contribution in [3.8, 4) is 17.2 Å². The van der Waals surface area contributed by atoms with E-state index in [1.807, 2.05) is 24.1 Å². The Bertz CT molecular complexity index is 1200. The minimum absolute atomic E-state index is 0.0279. The summed E-state index contributed by atoms with van der Waals surface area (Å²) in [5.74, 6) is 1.21. The standard InChI is InChI=1S/C24H27N5O4/c1-27-11-13-29(14-12-27)23(30)17-7-6-8-18(15-17)26-22-21(16-25-28(2)24(22)31)33-20-10-5-4-9-19(20)32-3/h4-10,15-16,26H,11-14H2,1-3H3. The molecular formula is C24H27N5O4. The van der Waals surface area contributed by atoms with Crippen molar-refractivity contribution in [2.45, 2.75) is 0 Å². The van der Waals surface area contributed by atoms with Crippen LogP contribution in [0.15, 0.2) is 59.5 Å². The number of nitrogens with one attached hydrogen (secondary N) is 1. The highest BCUT2D eigenvalue weighted by molar-refractivity contribution is 5.95. The first-order valence-electron chi connectivity index (χ1n) is 10.7. The number of carbonyl (C=O) groups is 1. The number of piperazine rings is 1. The maximum atomic E-state index is 13.0. The van der Waals surface area contributed by atoms with Crippen LogP contribution >= 0.6 is 0 Å². The van der Waals surface area contributed by atoms with E-state index in [0.29, 0.717) is 35.8 Å². The van der Waals surface area contributed by atoms with Crippen LogP contribution in [0.5, 0.6) is 17.2 Å². The molecule has 0 bridgehead atoms.